The third kappa shape index (κ3) is 3.76. The van der Waals surface area contributed by atoms with Gasteiger partial charge in [-0.15, -0.1) is 6.58 Å². The molecule has 28 valence electrons. The molecular weight excluding hydrogens is 62.8 g/mol. The molecule has 0 atom stereocenters. The first kappa shape index (κ1) is 4.76. The molecule has 0 amide bonds. The van der Waals surface area contributed by atoms with Crippen LogP contribution in [0.1, 0.15) is 0 Å². The van der Waals surface area contributed by atoms with Crippen molar-refractivity contribution in [3.63, 3.8) is 0 Å². The maximum absolute atomic E-state index is 4.57. The Balaban J connectivity index is 2.40. The molecule has 0 saturated carbocycles. The van der Waals surface area contributed by atoms with E-state index in [-0.39, 0.29) is 0 Å². The summed E-state index contributed by atoms with van der Waals surface area (Å²) in [6.45, 7) is 4.08. The van der Waals surface area contributed by atoms with E-state index >= 15 is 0 Å². The van der Waals surface area contributed by atoms with Crippen LogP contribution in [0.15, 0.2) is 12.7 Å². The minimum Gasteiger partial charge on any atom is -0.441 e. The van der Waals surface area contributed by atoms with Crippen molar-refractivity contribution in [3.8, 4) is 0 Å². The molecule has 2 heteroatoms. The number of hydrogen-bond donors (Lipinski definition) is 0. The summed E-state index contributed by atoms with van der Waals surface area (Å²) in [6.07, 6.45) is 1.71. The zero-order valence-corrected chi connectivity index (χ0v) is 3.40. The van der Waals surface area contributed by atoms with Gasteiger partial charge in [0, 0.05) is 6.61 Å². The highest BCUT2D eigenvalue weighted by Crippen LogP contribution is 1.59. The van der Waals surface area contributed by atoms with E-state index in [2.05, 4.69) is 11.2 Å². The Morgan fingerprint density at radius 3 is 2.60 bits per heavy atom. The van der Waals surface area contributed by atoms with Gasteiger partial charge < -0.3 is 4.65 Å². The van der Waals surface area contributed by atoms with Crippen molar-refractivity contribution in [3.05, 3.63) is 12.7 Å². The molecule has 0 aromatic rings. The molecule has 0 rings (SSSR count). The fourth-order valence-corrected chi connectivity index (χ4v) is 0.118. The average molecular weight is 69.9 g/mol. The lowest BCUT2D eigenvalue weighted by molar-refractivity contribution is 0.402. The Hall–Kier alpha value is -0.235. The Morgan fingerprint density at radius 2 is 2.60 bits per heavy atom. The molecule has 0 N–H and O–H groups in total. The van der Waals surface area contributed by atoms with E-state index < -0.39 is 0 Å². The summed E-state index contributed by atoms with van der Waals surface area (Å²) < 4.78 is 4.57. The average Bonchev–Trinajstić information content (AvgIpc) is 1.41. The molecule has 0 aliphatic carbocycles. The van der Waals surface area contributed by atoms with E-state index in [4.69, 9.17) is 0 Å². The Morgan fingerprint density at radius 1 is 2.00 bits per heavy atom. The van der Waals surface area contributed by atoms with Crippen LogP contribution < -0.4 is 0 Å². The zero-order chi connectivity index (χ0) is 4.12. The lowest BCUT2D eigenvalue weighted by Gasteiger charge is -1.80. The van der Waals surface area contributed by atoms with Gasteiger partial charge in [0.15, 0.2) is 0 Å². The van der Waals surface area contributed by atoms with Gasteiger partial charge in [-0.2, -0.15) is 0 Å². The van der Waals surface area contributed by atoms with Gasteiger partial charge in [-0.25, -0.2) is 0 Å². The van der Waals surface area contributed by atoms with Crippen molar-refractivity contribution < 1.29 is 4.65 Å². The van der Waals surface area contributed by atoms with Crippen molar-refractivity contribution in [2.45, 2.75) is 0 Å². The fraction of sp³-hybridized carbons (Fsp3) is 0.333. The van der Waals surface area contributed by atoms with Crippen LogP contribution in [0.25, 0.3) is 0 Å². The van der Waals surface area contributed by atoms with Gasteiger partial charge in [-0.1, -0.05) is 6.08 Å². The van der Waals surface area contributed by atoms with Crippen LogP contribution in [-0.2, 0) is 4.65 Å². The van der Waals surface area contributed by atoms with Crippen molar-refractivity contribution in [1.82, 2.24) is 0 Å². The van der Waals surface area contributed by atoms with E-state index in [1.54, 1.807) is 14.1 Å². The molecule has 0 aromatic heterocycles. The lowest BCUT2D eigenvalue weighted by Crippen LogP contribution is -1.79. The topological polar surface area (TPSA) is 9.23 Å². The van der Waals surface area contributed by atoms with Crippen LogP contribution in [0, 0.1) is 0 Å². The van der Waals surface area contributed by atoms with Gasteiger partial charge in [0.05, 0.1) is 0 Å². The van der Waals surface area contributed by atoms with Crippen LogP contribution in [0.3, 0.4) is 0 Å². The second-order valence-corrected chi connectivity index (χ2v) is 0.744. The Labute approximate surface area is 33.1 Å². The highest BCUT2D eigenvalue weighted by atomic mass is 16.4. The standard InChI is InChI=1S/C3H7BO/c1-2-3-5-4/h2H,1,3-4H2. The van der Waals surface area contributed by atoms with E-state index in [1.807, 2.05) is 0 Å². The molecule has 0 bridgehead atoms. The van der Waals surface area contributed by atoms with Gasteiger partial charge in [0.1, 0.15) is 0 Å². The maximum Gasteiger partial charge on any atom is 0.257 e. The summed E-state index contributed by atoms with van der Waals surface area (Å²) in [5.74, 6) is 0. The molecule has 5 heavy (non-hydrogen) atoms. The normalized spacial score (nSPS) is 7.20. The summed E-state index contributed by atoms with van der Waals surface area (Å²) in [6, 6.07) is 0. The maximum atomic E-state index is 4.57. The zero-order valence-electron chi connectivity index (χ0n) is 3.40. The monoisotopic (exact) mass is 70.1 g/mol. The molecule has 0 saturated heterocycles. The van der Waals surface area contributed by atoms with Crippen molar-refractivity contribution in [2.24, 2.45) is 0 Å². The summed E-state index contributed by atoms with van der Waals surface area (Å²) in [5, 5.41) is 0. The second kappa shape index (κ2) is 3.76. The Bertz CT molecular complexity index is 28.1. The van der Waals surface area contributed by atoms with Crippen LogP contribution >= 0.6 is 0 Å². The van der Waals surface area contributed by atoms with Crippen LogP contribution in [0.5, 0.6) is 0 Å². The van der Waals surface area contributed by atoms with Gasteiger partial charge in [-0.3, -0.25) is 0 Å². The molecule has 0 fully saturated rings. The first-order valence-electron chi connectivity index (χ1n) is 1.51. The molecular formula is C3H7BO. The first-order chi connectivity index (χ1) is 2.41. The lowest BCUT2D eigenvalue weighted by atomic mass is 10.5. The van der Waals surface area contributed by atoms with Crippen molar-refractivity contribution in [1.29, 1.82) is 0 Å². The molecule has 1 nitrogen and oxygen atoms in total. The minimum atomic E-state index is 0.653. The second-order valence-electron chi connectivity index (χ2n) is 0.744. The summed E-state index contributed by atoms with van der Waals surface area (Å²) >= 11 is 0. The highest BCUT2D eigenvalue weighted by molar-refractivity contribution is 5.98. The molecule has 0 radical (unpaired) electrons. The van der Waals surface area contributed by atoms with Crippen LogP contribution in [0.2, 0.25) is 0 Å². The van der Waals surface area contributed by atoms with Gasteiger partial charge in [-0.05, 0) is 0 Å². The molecule has 0 aliphatic heterocycles. The smallest absolute Gasteiger partial charge is 0.257 e. The third-order valence-electron chi connectivity index (χ3n) is 0.285. The largest absolute Gasteiger partial charge is 0.441 e. The van der Waals surface area contributed by atoms with Crippen molar-refractivity contribution >= 4 is 8.05 Å². The summed E-state index contributed by atoms with van der Waals surface area (Å²) in [4.78, 5) is 0. The predicted molar refractivity (Wildman–Crippen MR) is 24.7 cm³/mol. The summed E-state index contributed by atoms with van der Waals surface area (Å²) in [5.41, 5.74) is 0. The van der Waals surface area contributed by atoms with Gasteiger partial charge in [0.25, 0.3) is 8.05 Å². The summed E-state index contributed by atoms with van der Waals surface area (Å²) in [7, 11) is 1.64. The fourth-order valence-electron chi connectivity index (χ4n) is 0.118. The Kier molecular flexibility index (Phi) is 3.59. The molecule has 0 spiro atoms. The van der Waals surface area contributed by atoms with E-state index in [0.717, 1.165) is 0 Å². The molecule has 0 unspecified atom stereocenters. The number of rotatable bonds is 2. The van der Waals surface area contributed by atoms with E-state index in [1.165, 1.54) is 0 Å². The van der Waals surface area contributed by atoms with Gasteiger partial charge >= 0.3 is 0 Å². The molecule has 0 aromatic carbocycles. The van der Waals surface area contributed by atoms with Gasteiger partial charge in [0.2, 0.25) is 0 Å². The minimum absolute atomic E-state index is 0.653. The molecule has 0 heterocycles. The quantitative estimate of drug-likeness (QED) is 0.321. The third-order valence-corrected chi connectivity index (χ3v) is 0.285. The van der Waals surface area contributed by atoms with Crippen LogP contribution in [0.4, 0.5) is 0 Å². The SMILES string of the molecule is BOCC=C. The predicted octanol–water partition coefficient (Wildman–Crippen LogP) is -0.263. The van der Waals surface area contributed by atoms with Crippen LogP contribution in [-0.4, -0.2) is 14.7 Å². The highest BCUT2D eigenvalue weighted by Gasteiger charge is 1.58. The van der Waals surface area contributed by atoms with E-state index in [9.17, 15) is 0 Å². The van der Waals surface area contributed by atoms with E-state index in [0.29, 0.717) is 6.61 Å². The number of hydrogen-bond acceptors (Lipinski definition) is 1. The first-order valence-corrected chi connectivity index (χ1v) is 1.51. The molecule has 0 aliphatic rings. The van der Waals surface area contributed by atoms with Crippen molar-refractivity contribution in [2.75, 3.05) is 6.61 Å².